The van der Waals surface area contributed by atoms with E-state index in [1.807, 2.05) is 24.3 Å². The molecule has 2 atom stereocenters. The van der Waals surface area contributed by atoms with Crippen LogP contribution in [0.2, 0.25) is 0 Å². The number of hydrogen-bond acceptors (Lipinski definition) is 3. The summed E-state index contributed by atoms with van der Waals surface area (Å²) < 4.78 is 16.9. The van der Waals surface area contributed by atoms with E-state index in [1.165, 1.54) is 11.1 Å². The first-order valence-corrected chi connectivity index (χ1v) is 7.19. The number of rotatable bonds is 3. The summed E-state index contributed by atoms with van der Waals surface area (Å²) in [4.78, 5) is 0. The van der Waals surface area contributed by atoms with Crippen molar-refractivity contribution in [3.63, 3.8) is 0 Å². The van der Waals surface area contributed by atoms with Crippen LogP contribution in [0.25, 0.3) is 0 Å². The molecule has 2 aromatic carbocycles. The third-order valence-corrected chi connectivity index (χ3v) is 4.03. The van der Waals surface area contributed by atoms with Crippen molar-refractivity contribution in [1.29, 1.82) is 0 Å². The average Bonchev–Trinajstić information content (AvgIpc) is 2.53. The van der Waals surface area contributed by atoms with Crippen molar-refractivity contribution < 1.29 is 14.2 Å². The fourth-order valence-corrected chi connectivity index (χ4v) is 2.90. The number of ether oxygens (including phenoxy) is 3. The standard InChI is InChI=1S/C18H20O3/c1-12-11-14-5-4-6-16(20-3)18(14)21-17(12)13-7-9-15(19-2)10-8-13/h4-10,12,17H,11H2,1-3H3. The molecule has 3 heteroatoms. The second-order valence-electron chi connectivity index (χ2n) is 5.44. The Morgan fingerprint density at radius 1 is 1.00 bits per heavy atom. The zero-order valence-corrected chi connectivity index (χ0v) is 12.6. The predicted octanol–water partition coefficient (Wildman–Crippen LogP) is 4.02. The van der Waals surface area contributed by atoms with Gasteiger partial charge in [-0.3, -0.25) is 0 Å². The van der Waals surface area contributed by atoms with E-state index >= 15 is 0 Å². The van der Waals surface area contributed by atoms with Crippen LogP contribution in [0.3, 0.4) is 0 Å². The minimum Gasteiger partial charge on any atom is -0.497 e. The van der Waals surface area contributed by atoms with Gasteiger partial charge in [0.2, 0.25) is 0 Å². The monoisotopic (exact) mass is 284 g/mol. The normalized spacial score (nSPS) is 20.3. The van der Waals surface area contributed by atoms with Gasteiger partial charge in [0, 0.05) is 5.92 Å². The van der Waals surface area contributed by atoms with E-state index in [-0.39, 0.29) is 6.10 Å². The van der Waals surface area contributed by atoms with Gasteiger partial charge in [0.1, 0.15) is 11.9 Å². The summed E-state index contributed by atoms with van der Waals surface area (Å²) in [6.45, 7) is 2.22. The van der Waals surface area contributed by atoms with Gasteiger partial charge >= 0.3 is 0 Å². The van der Waals surface area contributed by atoms with E-state index in [9.17, 15) is 0 Å². The molecule has 1 heterocycles. The van der Waals surface area contributed by atoms with Crippen LogP contribution in [-0.2, 0) is 6.42 Å². The lowest BCUT2D eigenvalue weighted by Gasteiger charge is -2.32. The molecule has 3 nitrogen and oxygen atoms in total. The van der Waals surface area contributed by atoms with Crippen LogP contribution < -0.4 is 14.2 Å². The first-order chi connectivity index (χ1) is 10.2. The highest BCUT2D eigenvalue weighted by Crippen LogP contribution is 2.43. The fraction of sp³-hybridized carbons (Fsp3) is 0.333. The molecule has 0 fully saturated rings. The van der Waals surface area contributed by atoms with E-state index in [2.05, 4.69) is 25.1 Å². The maximum atomic E-state index is 6.26. The molecule has 0 N–H and O–H groups in total. The molecule has 110 valence electrons. The molecule has 3 rings (SSSR count). The van der Waals surface area contributed by atoms with E-state index in [1.54, 1.807) is 14.2 Å². The van der Waals surface area contributed by atoms with Gasteiger partial charge in [0.05, 0.1) is 14.2 Å². The molecule has 0 amide bonds. The summed E-state index contributed by atoms with van der Waals surface area (Å²) in [6.07, 6.45) is 1.03. The molecular formula is C18H20O3. The van der Waals surface area contributed by atoms with Gasteiger partial charge in [0.15, 0.2) is 11.5 Å². The Kier molecular flexibility index (Phi) is 3.74. The zero-order valence-electron chi connectivity index (χ0n) is 12.6. The van der Waals surface area contributed by atoms with Crippen LogP contribution in [0.1, 0.15) is 24.2 Å². The predicted molar refractivity (Wildman–Crippen MR) is 82.2 cm³/mol. The molecule has 1 aliphatic heterocycles. The molecule has 0 aliphatic carbocycles. The number of para-hydroxylation sites is 1. The quantitative estimate of drug-likeness (QED) is 0.852. The molecule has 0 saturated heterocycles. The van der Waals surface area contributed by atoms with Gasteiger partial charge in [-0.2, -0.15) is 0 Å². The minimum atomic E-state index is 0.0414. The lowest BCUT2D eigenvalue weighted by molar-refractivity contribution is 0.118. The van der Waals surface area contributed by atoms with Gasteiger partial charge in [-0.05, 0) is 35.7 Å². The highest BCUT2D eigenvalue weighted by molar-refractivity contribution is 5.48. The molecule has 0 saturated carbocycles. The van der Waals surface area contributed by atoms with Crippen molar-refractivity contribution >= 4 is 0 Å². The molecule has 2 aromatic rings. The van der Waals surface area contributed by atoms with Crippen LogP contribution in [0, 0.1) is 5.92 Å². The van der Waals surface area contributed by atoms with Crippen LogP contribution in [-0.4, -0.2) is 14.2 Å². The minimum absolute atomic E-state index is 0.0414. The topological polar surface area (TPSA) is 27.7 Å². The van der Waals surface area contributed by atoms with Gasteiger partial charge in [0.25, 0.3) is 0 Å². The molecule has 0 bridgehead atoms. The first kappa shape index (κ1) is 13.8. The van der Waals surface area contributed by atoms with E-state index in [4.69, 9.17) is 14.2 Å². The summed E-state index contributed by atoms with van der Waals surface area (Å²) in [6, 6.07) is 14.2. The lowest BCUT2D eigenvalue weighted by atomic mass is 9.88. The lowest BCUT2D eigenvalue weighted by Crippen LogP contribution is -2.24. The summed E-state index contributed by atoms with van der Waals surface area (Å²) in [5.74, 6) is 2.95. The maximum Gasteiger partial charge on any atom is 0.165 e. The largest absolute Gasteiger partial charge is 0.497 e. The SMILES string of the molecule is COc1ccc(C2Oc3c(cccc3OC)CC2C)cc1. The molecule has 0 aromatic heterocycles. The molecule has 0 radical (unpaired) electrons. The molecule has 21 heavy (non-hydrogen) atoms. The highest BCUT2D eigenvalue weighted by Gasteiger charge is 2.30. The Morgan fingerprint density at radius 2 is 1.76 bits per heavy atom. The van der Waals surface area contributed by atoms with Crippen molar-refractivity contribution in [2.24, 2.45) is 5.92 Å². The molecule has 1 aliphatic rings. The van der Waals surface area contributed by atoms with Crippen LogP contribution in [0.4, 0.5) is 0 Å². The summed E-state index contributed by atoms with van der Waals surface area (Å²) in [7, 11) is 3.36. The Balaban J connectivity index is 1.93. The van der Waals surface area contributed by atoms with E-state index < -0.39 is 0 Å². The Morgan fingerprint density at radius 3 is 2.43 bits per heavy atom. The van der Waals surface area contributed by atoms with Crippen molar-refractivity contribution in [3.05, 3.63) is 53.6 Å². The van der Waals surface area contributed by atoms with Gasteiger partial charge in [-0.25, -0.2) is 0 Å². The van der Waals surface area contributed by atoms with Gasteiger partial charge in [-0.15, -0.1) is 0 Å². The van der Waals surface area contributed by atoms with E-state index in [0.717, 1.165) is 23.7 Å². The van der Waals surface area contributed by atoms with Crippen LogP contribution >= 0.6 is 0 Å². The number of fused-ring (bicyclic) bond motifs is 1. The van der Waals surface area contributed by atoms with Crippen LogP contribution in [0.5, 0.6) is 17.2 Å². The summed E-state index contributed by atoms with van der Waals surface area (Å²) in [5.41, 5.74) is 2.38. The highest BCUT2D eigenvalue weighted by atomic mass is 16.5. The average molecular weight is 284 g/mol. The van der Waals surface area contributed by atoms with Crippen molar-refractivity contribution in [3.8, 4) is 17.2 Å². The molecular weight excluding hydrogens is 264 g/mol. The van der Waals surface area contributed by atoms with Crippen molar-refractivity contribution in [2.75, 3.05) is 14.2 Å². The Labute approximate surface area is 125 Å². The van der Waals surface area contributed by atoms with Crippen LogP contribution in [0.15, 0.2) is 42.5 Å². The smallest absolute Gasteiger partial charge is 0.165 e. The Hall–Kier alpha value is -2.16. The van der Waals surface area contributed by atoms with Gasteiger partial charge in [-0.1, -0.05) is 31.2 Å². The number of benzene rings is 2. The van der Waals surface area contributed by atoms with Crippen molar-refractivity contribution in [1.82, 2.24) is 0 Å². The third-order valence-electron chi connectivity index (χ3n) is 4.03. The number of methoxy groups -OCH3 is 2. The first-order valence-electron chi connectivity index (χ1n) is 7.19. The summed E-state index contributed by atoms with van der Waals surface area (Å²) in [5, 5.41) is 0. The molecule has 2 unspecified atom stereocenters. The fourth-order valence-electron chi connectivity index (χ4n) is 2.90. The Bertz CT molecular complexity index is 619. The summed E-state index contributed by atoms with van der Waals surface area (Å²) >= 11 is 0. The third kappa shape index (κ3) is 2.56. The number of hydrogen-bond donors (Lipinski definition) is 0. The molecule has 0 spiro atoms. The van der Waals surface area contributed by atoms with Crippen molar-refractivity contribution in [2.45, 2.75) is 19.4 Å². The second-order valence-corrected chi connectivity index (χ2v) is 5.44. The van der Waals surface area contributed by atoms with Gasteiger partial charge < -0.3 is 14.2 Å². The second kappa shape index (κ2) is 5.68. The zero-order chi connectivity index (χ0) is 14.8. The maximum absolute atomic E-state index is 6.26. The van der Waals surface area contributed by atoms with E-state index in [0.29, 0.717) is 5.92 Å².